The number of β-amino-alcohol motifs (C(OH)–C–C–N with tert-alkyl or cyclic N) is 1. The summed E-state index contributed by atoms with van der Waals surface area (Å²) in [6.07, 6.45) is -5.09. The van der Waals surface area contributed by atoms with Crippen LogP contribution in [0.3, 0.4) is 0 Å². The van der Waals surface area contributed by atoms with E-state index >= 15 is 0 Å². The quantitative estimate of drug-likeness (QED) is 0.223. The molecule has 6 N–H and O–H groups in total. The fourth-order valence-electron chi connectivity index (χ4n) is 8.87. The van der Waals surface area contributed by atoms with Crippen LogP contribution in [0.4, 0.5) is 10.1 Å². The second kappa shape index (κ2) is 18.1. The maximum atomic E-state index is 14.3. The van der Waals surface area contributed by atoms with Crippen molar-refractivity contribution in [1.29, 1.82) is 0 Å². The van der Waals surface area contributed by atoms with Gasteiger partial charge in [0.25, 0.3) is 0 Å². The van der Waals surface area contributed by atoms with Crippen LogP contribution < -0.4 is 10.2 Å². The average Bonchev–Trinajstić information content (AvgIpc) is 3.11. The number of halogens is 1. The first-order valence-electron chi connectivity index (χ1n) is 19.8. The predicted molar refractivity (Wildman–Crippen MR) is 204 cm³/mol. The summed E-state index contributed by atoms with van der Waals surface area (Å²) in [5.41, 5.74) is -4.44. The molecule has 0 radical (unpaired) electrons. The van der Waals surface area contributed by atoms with Crippen LogP contribution in [0, 0.1) is 23.6 Å². The van der Waals surface area contributed by atoms with Gasteiger partial charge < -0.3 is 54.9 Å². The molecule has 0 saturated carbocycles. The number of carbonyl (C=O) groups is 1. The molecule has 14 heteroatoms. The minimum atomic E-state index is -1.88. The number of esters is 1. The molecular formula is C40H69FN4O9. The topological polar surface area (TPSA) is 168 Å². The van der Waals surface area contributed by atoms with Crippen molar-refractivity contribution in [2.75, 3.05) is 58.3 Å². The molecule has 0 amide bonds. The van der Waals surface area contributed by atoms with Gasteiger partial charge in [-0.15, -0.1) is 0 Å². The molecule has 14 atom stereocenters. The third kappa shape index (κ3) is 10.1. The summed E-state index contributed by atoms with van der Waals surface area (Å²) in [4.78, 5) is 20.4. The van der Waals surface area contributed by atoms with Crippen LogP contribution in [-0.2, 0) is 19.0 Å². The number of rotatable bonds is 7. The van der Waals surface area contributed by atoms with Gasteiger partial charge in [-0.25, -0.2) is 4.39 Å². The van der Waals surface area contributed by atoms with Crippen LogP contribution in [0.25, 0.3) is 0 Å². The highest BCUT2D eigenvalue weighted by atomic mass is 19.1. The molecule has 4 rings (SSSR count). The zero-order valence-corrected chi connectivity index (χ0v) is 34.1. The van der Waals surface area contributed by atoms with Crippen LogP contribution in [0.15, 0.2) is 24.3 Å². The van der Waals surface area contributed by atoms with Gasteiger partial charge in [-0.3, -0.25) is 9.69 Å². The molecule has 1 aromatic rings. The van der Waals surface area contributed by atoms with E-state index in [0.29, 0.717) is 39.1 Å². The lowest BCUT2D eigenvalue weighted by Crippen LogP contribution is -2.65. The third-order valence-electron chi connectivity index (χ3n) is 12.5. The first-order valence-corrected chi connectivity index (χ1v) is 19.8. The van der Waals surface area contributed by atoms with Gasteiger partial charge in [0.1, 0.15) is 29.7 Å². The van der Waals surface area contributed by atoms with E-state index in [9.17, 15) is 34.7 Å². The fraction of sp³-hybridized carbons (Fsp3) is 0.825. The molecular weight excluding hydrogens is 699 g/mol. The molecule has 0 bridgehead atoms. The van der Waals surface area contributed by atoms with Crippen molar-refractivity contribution in [3.8, 4) is 0 Å². The Morgan fingerprint density at radius 1 is 1.00 bits per heavy atom. The fourth-order valence-corrected chi connectivity index (χ4v) is 8.87. The monoisotopic (exact) mass is 769 g/mol. The molecule has 3 aliphatic heterocycles. The normalized spacial score (nSPS) is 42.6. The summed E-state index contributed by atoms with van der Waals surface area (Å²) >= 11 is 0. The van der Waals surface area contributed by atoms with Crippen LogP contribution in [0.1, 0.15) is 74.7 Å². The zero-order valence-electron chi connectivity index (χ0n) is 34.1. The zero-order chi connectivity index (χ0) is 40.3. The van der Waals surface area contributed by atoms with E-state index in [1.165, 1.54) is 19.1 Å². The summed E-state index contributed by atoms with van der Waals surface area (Å²) in [7, 11) is 3.75. The van der Waals surface area contributed by atoms with E-state index in [1.807, 2.05) is 32.8 Å². The Labute approximate surface area is 321 Å². The number of nitrogens with zero attached hydrogens (tertiary/aromatic N) is 3. The summed E-state index contributed by atoms with van der Waals surface area (Å²) < 4.78 is 32.5. The predicted octanol–water partition coefficient (Wildman–Crippen LogP) is 1.96. The van der Waals surface area contributed by atoms with Crippen molar-refractivity contribution in [1.82, 2.24) is 15.1 Å². The number of piperazine rings is 1. The summed E-state index contributed by atoms with van der Waals surface area (Å²) in [6, 6.07) is 5.43. The Kier molecular flexibility index (Phi) is 15.0. The van der Waals surface area contributed by atoms with Gasteiger partial charge in [0.2, 0.25) is 0 Å². The number of benzene rings is 1. The van der Waals surface area contributed by atoms with Crippen molar-refractivity contribution >= 4 is 11.7 Å². The van der Waals surface area contributed by atoms with Crippen molar-refractivity contribution in [3.05, 3.63) is 30.1 Å². The number of ether oxygens (including phenoxy) is 3. The summed E-state index contributed by atoms with van der Waals surface area (Å²) in [6.45, 7) is 16.3. The smallest absolute Gasteiger partial charge is 0.312 e. The third-order valence-corrected chi connectivity index (χ3v) is 12.5. The maximum absolute atomic E-state index is 14.3. The second-order valence-corrected chi connectivity index (χ2v) is 17.2. The number of hydrogen-bond donors (Lipinski definition) is 6. The molecule has 1 aromatic carbocycles. The van der Waals surface area contributed by atoms with E-state index in [2.05, 4.69) is 15.1 Å². The lowest BCUT2D eigenvalue weighted by Gasteiger charge is -2.51. The van der Waals surface area contributed by atoms with Crippen LogP contribution in [-0.4, -0.2) is 160 Å². The van der Waals surface area contributed by atoms with Gasteiger partial charge in [-0.2, -0.15) is 0 Å². The number of aliphatic hydroxyl groups excluding tert-OH is 2. The molecule has 0 spiro atoms. The second-order valence-electron chi connectivity index (χ2n) is 17.2. The van der Waals surface area contributed by atoms with E-state index in [4.69, 9.17) is 14.2 Å². The van der Waals surface area contributed by atoms with E-state index in [0.717, 1.165) is 5.69 Å². The first kappa shape index (κ1) is 44.7. The van der Waals surface area contributed by atoms with Crippen molar-refractivity contribution < 1.29 is 48.9 Å². The highest BCUT2D eigenvalue weighted by molar-refractivity contribution is 5.74. The van der Waals surface area contributed by atoms with Crippen LogP contribution in [0.5, 0.6) is 0 Å². The Balaban J connectivity index is 1.76. The molecule has 0 aromatic heterocycles. The van der Waals surface area contributed by atoms with Crippen LogP contribution in [0.2, 0.25) is 0 Å². The minimum absolute atomic E-state index is 0.00634. The Morgan fingerprint density at radius 2 is 1.61 bits per heavy atom. The van der Waals surface area contributed by atoms with Crippen molar-refractivity contribution in [3.63, 3.8) is 0 Å². The van der Waals surface area contributed by atoms with Gasteiger partial charge in [0.15, 0.2) is 6.29 Å². The number of anilines is 1. The Morgan fingerprint density at radius 3 is 2.19 bits per heavy atom. The van der Waals surface area contributed by atoms with Crippen LogP contribution >= 0.6 is 0 Å². The number of hydrogen-bond acceptors (Lipinski definition) is 13. The van der Waals surface area contributed by atoms with Gasteiger partial charge in [0.05, 0.1) is 29.3 Å². The maximum Gasteiger partial charge on any atom is 0.312 e. The number of aliphatic hydroxyl groups is 5. The van der Waals surface area contributed by atoms with Gasteiger partial charge >= 0.3 is 5.97 Å². The SMILES string of the molecule is CC[C@H]1OC(=O)C(C)[C@@](O)(CN2CCN(c3ccc(F)cc3)CC2)[C@H](C)[C@@H](O[C@@H]2O[C@H](C)C[C@H](N(C)C)[C@H]2O)[C@@](C)(O)C[C@@H](C)CN[C@H](C)[C@@H](O)[C@]1(C)O. The van der Waals surface area contributed by atoms with Gasteiger partial charge in [-0.05, 0) is 105 Å². The molecule has 3 saturated heterocycles. The summed E-state index contributed by atoms with van der Waals surface area (Å²) in [5, 5.41) is 63.4. The number of nitrogens with one attached hydrogen (secondary N) is 1. The van der Waals surface area contributed by atoms with E-state index < -0.39 is 71.4 Å². The molecule has 13 nitrogen and oxygen atoms in total. The van der Waals surface area contributed by atoms with E-state index in [-0.39, 0.29) is 43.3 Å². The van der Waals surface area contributed by atoms with Crippen molar-refractivity contribution in [2.45, 2.75) is 140 Å². The largest absolute Gasteiger partial charge is 0.459 e. The van der Waals surface area contributed by atoms with Gasteiger partial charge in [-0.1, -0.05) is 20.8 Å². The number of likely N-dealkylation sites (N-methyl/N-ethyl adjacent to an activating group) is 1. The first-order chi connectivity index (χ1) is 25.1. The Bertz CT molecular complexity index is 1350. The molecule has 3 fully saturated rings. The van der Waals surface area contributed by atoms with Gasteiger partial charge in [0, 0.05) is 56.4 Å². The average molecular weight is 769 g/mol. The molecule has 0 aliphatic carbocycles. The summed E-state index contributed by atoms with van der Waals surface area (Å²) in [5.74, 6) is -3.41. The van der Waals surface area contributed by atoms with Crippen molar-refractivity contribution in [2.24, 2.45) is 17.8 Å². The Hall–Kier alpha value is -1.98. The van der Waals surface area contributed by atoms with E-state index in [1.54, 1.807) is 46.8 Å². The molecule has 3 aliphatic rings. The highest BCUT2D eigenvalue weighted by Crippen LogP contribution is 2.41. The number of carbonyl (C=O) groups excluding carboxylic acids is 1. The standard InChI is InChI=1S/C40H69FN4O9/c1-11-32-39(8,50)34(47)28(6)42-22-24(2)21-38(7,49)35(54-37-33(46)31(43(9)10)20-25(3)52-37)26(4)40(51,27(5)36(48)53-32)23-44-16-18-45(19-17-44)30-14-12-29(41)13-15-30/h12-15,24-28,31-35,37,42,46-47,49-51H,11,16-23H2,1-10H3/t24-,25-,26-,27?,28-,31+,32-,33-,34-,35-,37+,38+,39-,40-/m1/s1. The minimum Gasteiger partial charge on any atom is -0.459 e. The molecule has 310 valence electrons. The molecule has 3 heterocycles. The molecule has 54 heavy (non-hydrogen) atoms. The number of cyclic esters (lactones) is 1. The highest BCUT2D eigenvalue weighted by Gasteiger charge is 2.55. The lowest BCUT2D eigenvalue weighted by atomic mass is 9.70. The molecule has 1 unspecified atom stereocenters. The lowest BCUT2D eigenvalue weighted by molar-refractivity contribution is -0.305.